The number of benzene rings is 1. The Morgan fingerprint density at radius 2 is 1.86 bits per heavy atom. The van der Waals surface area contributed by atoms with Crippen LogP contribution in [0.15, 0.2) is 48.1 Å². The van der Waals surface area contributed by atoms with Crippen molar-refractivity contribution in [2.24, 2.45) is 5.41 Å². The van der Waals surface area contributed by atoms with Gasteiger partial charge in [0.25, 0.3) is 0 Å². The molecule has 1 saturated heterocycles. The van der Waals surface area contributed by atoms with Crippen molar-refractivity contribution in [3.63, 3.8) is 0 Å². The predicted octanol–water partition coefficient (Wildman–Crippen LogP) is 4.25. The molecule has 5 N–H and O–H groups in total. The van der Waals surface area contributed by atoms with Gasteiger partial charge in [0.15, 0.2) is 5.65 Å². The second-order valence-electron chi connectivity index (χ2n) is 16.1. The molecule has 56 heavy (non-hydrogen) atoms. The molecule has 1 aliphatic heterocycles. The number of ether oxygens (including phenoxy) is 1. The van der Waals surface area contributed by atoms with Gasteiger partial charge in [0, 0.05) is 62.4 Å². The highest BCUT2D eigenvalue weighted by molar-refractivity contribution is 7.13. The molecule has 1 aliphatic carbocycles. The van der Waals surface area contributed by atoms with Crippen molar-refractivity contribution in [1.82, 2.24) is 40.4 Å². The number of carbonyl (C=O) groups excluding carboxylic acids is 3. The molecular weight excluding hydrogens is 731 g/mol. The summed E-state index contributed by atoms with van der Waals surface area (Å²) in [5.41, 5.74) is 6.22. The Hall–Kier alpha value is -4.44. The number of nitrogens with zero attached hydrogens (tertiary/aromatic N) is 5. The molecule has 4 aromatic rings. The van der Waals surface area contributed by atoms with Crippen LogP contribution in [0.4, 0.5) is 5.82 Å². The van der Waals surface area contributed by atoms with E-state index in [9.17, 15) is 19.5 Å². The van der Waals surface area contributed by atoms with Crippen molar-refractivity contribution >= 4 is 40.5 Å². The minimum Gasteiger partial charge on any atom is -0.391 e. The van der Waals surface area contributed by atoms with Gasteiger partial charge in [-0.3, -0.25) is 14.4 Å². The second-order valence-corrected chi connectivity index (χ2v) is 17.0. The van der Waals surface area contributed by atoms with Gasteiger partial charge in [0.05, 0.1) is 47.6 Å². The number of β-amino-alcohol motifs (C(OH)–C–C–N with tert-alkyl or cyclic N) is 1. The summed E-state index contributed by atoms with van der Waals surface area (Å²) in [6.07, 6.45) is 5.98. The van der Waals surface area contributed by atoms with Gasteiger partial charge in [-0.05, 0) is 49.1 Å². The summed E-state index contributed by atoms with van der Waals surface area (Å²) in [7, 11) is 0. The van der Waals surface area contributed by atoms with Crippen LogP contribution >= 0.6 is 11.3 Å². The molecule has 14 nitrogen and oxygen atoms in total. The molecule has 0 unspecified atom stereocenters. The number of nitrogens with one attached hydrogen (secondary N) is 4. The number of thiazole rings is 1. The van der Waals surface area contributed by atoms with Crippen molar-refractivity contribution in [3.8, 4) is 10.4 Å². The zero-order chi connectivity index (χ0) is 39.8. The molecule has 3 amide bonds. The first-order valence-electron chi connectivity index (χ1n) is 19.9. The smallest absolute Gasteiger partial charge is 0.243 e. The van der Waals surface area contributed by atoms with Crippen LogP contribution in [0.2, 0.25) is 0 Å². The number of hydrogen-bond donors (Lipinski definition) is 5. The van der Waals surface area contributed by atoms with Crippen molar-refractivity contribution in [2.75, 3.05) is 31.6 Å². The van der Waals surface area contributed by atoms with Gasteiger partial charge < -0.3 is 36.0 Å². The standard InChI is InChI=1S/C41H57N9O5S/c1-6-7-29-21-35(50-34(46-29)14-16-45-50)47-30-12-13-31(20-30)48-36(52)15-18-55-19-17-42-38(41(3,4)5)40(54)49-24-32(51)22-33(49)39(53)43-23-27-8-10-28(11-9-27)37-26(2)44-25-56-37/h8-11,14,16,21,25,30-33,38,42,47,51H,6-7,12-13,15,17-20,22-24H2,1-5H3,(H,43,53)(H,48,52)/t30-,31-,32-,33+,38-/m1/s1. The molecule has 302 valence electrons. The van der Waals surface area contributed by atoms with E-state index in [1.165, 1.54) is 4.90 Å². The van der Waals surface area contributed by atoms with Gasteiger partial charge in [-0.2, -0.15) is 9.61 Å². The third kappa shape index (κ3) is 10.5. The van der Waals surface area contributed by atoms with Crippen LogP contribution in [0, 0.1) is 12.3 Å². The van der Waals surface area contributed by atoms with Crippen LogP contribution in [0.1, 0.15) is 83.2 Å². The molecule has 0 radical (unpaired) electrons. The minimum absolute atomic E-state index is 0.0464. The Labute approximate surface area is 333 Å². The van der Waals surface area contributed by atoms with Crippen LogP contribution < -0.4 is 21.3 Å². The summed E-state index contributed by atoms with van der Waals surface area (Å²) in [4.78, 5) is 51.8. The summed E-state index contributed by atoms with van der Waals surface area (Å²) in [5.74, 6) is 0.357. The van der Waals surface area contributed by atoms with Crippen LogP contribution in [0.25, 0.3) is 16.1 Å². The van der Waals surface area contributed by atoms with E-state index in [4.69, 9.17) is 4.74 Å². The number of aromatic nitrogens is 4. The monoisotopic (exact) mass is 787 g/mol. The molecule has 1 saturated carbocycles. The van der Waals surface area contributed by atoms with E-state index in [-0.39, 0.29) is 55.8 Å². The van der Waals surface area contributed by atoms with Gasteiger partial charge in [0.1, 0.15) is 11.9 Å². The fourth-order valence-electron chi connectivity index (χ4n) is 7.64. The number of aliphatic hydroxyl groups excluding tert-OH is 1. The summed E-state index contributed by atoms with van der Waals surface area (Å²) in [6.45, 7) is 11.4. The van der Waals surface area contributed by atoms with E-state index in [2.05, 4.69) is 49.3 Å². The molecule has 4 heterocycles. The lowest BCUT2D eigenvalue weighted by Crippen LogP contribution is -2.57. The summed E-state index contributed by atoms with van der Waals surface area (Å²) in [6, 6.07) is 10.9. The number of rotatable bonds is 17. The molecule has 2 fully saturated rings. The number of carbonyl (C=O) groups is 3. The van der Waals surface area contributed by atoms with E-state index >= 15 is 0 Å². The van der Waals surface area contributed by atoms with E-state index < -0.39 is 23.6 Å². The predicted molar refractivity (Wildman–Crippen MR) is 217 cm³/mol. The molecule has 5 atom stereocenters. The topological polar surface area (TPSA) is 175 Å². The Morgan fingerprint density at radius 1 is 1.07 bits per heavy atom. The lowest BCUT2D eigenvalue weighted by atomic mass is 9.85. The SMILES string of the molecule is CCCc1cc(N[C@@H]2CC[C@@H](NC(=O)CCOCCN[C@H](C(=O)N3C[C@H](O)C[C@H]3C(=O)NCc3ccc(-c4scnc4C)cc3)C(C)(C)C)C2)n2nccc2n1. The normalized spacial score (nSPS) is 20.4. The fourth-order valence-corrected chi connectivity index (χ4v) is 8.45. The maximum Gasteiger partial charge on any atom is 0.243 e. The highest BCUT2D eigenvalue weighted by Crippen LogP contribution is 2.29. The average Bonchev–Trinajstić information content (AvgIpc) is 3.98. The largest absolute Gasteiger partial charge is 0.391 e. The number of likely N-dealkylation sites (tertiary alicyclic amines) is 1. The van der Waals surface area contributed by atoms with Gasteiger partial charge in [0.2, 0.25) is 17.7 Å². The van der Waals surface area contributed by atoms with Gasteiger partial charge in [-0.15, -0.1) is 11.3 Å². The number of hydrogen-bond acceptors (Lipinski definition) is 11. The van der Waals surface area contributed by atoms with E-state index in [0.29, 0.717) is 19.7 Å². The Kier molecular flexibility index (Phi) is 13.7. The van der Waals surface area contributed by atoms with E-state index in [1.807, 2.05) is 68.1 Å². The first kappa shape index (κ1) is 41.2. The van der Waals surface area contributed by atoms with Crippen LogP contribution in [0.3, 0.4) is 0 Å². The summed E-state index contributed by atoms with van der Waals surface area (Å²) >= 11 is 1.59. The number of amides is 3. The highest BCUT2D eigenvalue weighted by atomic mass is 32.1. The first-order valence-corrected chi connectivity index (χ1v) is 20.7. The van der Waals surface area contributed by atoms with Crippen molar-refractivity contribution < 1.29 is 24.2 Å². The van der Waals surface area contributed by atoms with Crippen molar-refractivity contribution in [3.05, 3.63) is 65.1 Å². The first-order chi connectivity index (χ1) is 26.9. The Morgan fingerprint density at radius 3 is 2.59 bits per heavy atom. The molecule has 6 rings (SSSR count). The summed E-state index contributed by atoms with van der Waals surface area (Å²) in [5, 5.41) is 28.1. The maximum atomic E-state index is 14.0. The maximum absolute atomic E-state index is 14.0. The van der Waals surface area contributed by atoms with Crippen molar-refractivity contribution in [1.29, 1.82) is 0 Å². The number of aliphatic hydroxyl groups is 1. The quantitative estimate of drug-likeness (QED) is 0.0974. The molecule has 0 spiro atoms. The third-order valence-electron chi connectivity index (χ3n) is 10.5. The molecular formula is C41H57N9O5S. The lowest BCUT2D eigenvalue weighted by Gasteiger charge is -2.35. The molecule has 2 aliphatic rings. The highest BCUT2D eigenvalue weighted by Gasteiger charge is 2.43. The molecule has 15 heteroatoms. The van der Waals surface area contributed by atoms with E-state index in [0.717, 1.165) is 71.0 Å². The Balaban J connectivity index is 0.912. The number of fused-ring (bicyclic) bond motifs is 1. The van der Waals surface area contributed by atoms with Gasteiger partial charge >= 0.3 is 0 Å². The minimum atomic E-state index is -0.786. The van der Waals surface area contributed by atoms with Crippen LogP contribution in [0.5, 0.6) is 0 Å². The molecule has 0 bridgehead atoms. The van der Waals surface area contributed by atoms with Crippen LogP contribution in [-0.4, -0.2) is 104 Å². The summed E-state index contributed by atoms with van der Waals surface area (Å²) < 4.78 is 7.63. The van der Waals surface area contributed by atoms with Gasteiger partial charge in [-0.25, -0.2) is 9.97 Å². The van der Waals surface area contributed by atoms with Gasteiger partial charge in [-0.1, -0.05) is 58.4 Å². The lowest BCUT2D eigenvalue weighted by molar-refractivity contribution is -0.142. The number of anilines is 1. The van der Waals surface area contributed by atoms with E-state index in [1.54, 1.807) is 17.5 Å². The fraction of sp³-hybridized carbons (Fsp3) is 0.561. The zero-order valence-corrected chi connectivity index (χ0v) is 34.0. The molecule has 1 aromatic carbocycles. The second kappa shape index (κ2) is 18.7. The van der Waals surface area contributed by atoms with Crippen LogP contribution in [-0.2, 0) is 32.1 Å². The zero-order valence-electron chi connectivity index (χ0n) is 33.2. The third-order valence-corrected chi connectivity index (χ3v) is 11.5. The van der Waals surface area contributed by atoms with Crippen molar-refractivity contribution in [2.45, 2.75) is 116 Å². The average molecular weight is 788 g/mol. The number of aryl methyl sites for hydroxylation is 2. The Bertz CT molecular complexity index is 1940. The molecule has 3 aromatic heterocycles.